The van der Waals surface area contributed by atoms with Crippen LogP contribution in [-0.4, -0.2) is 41.1 Å². The molecule has 2 fully saturated rings. The van der Waals surface area contributed by atoms with Gasteiger partial charge in [-0.1, -0.05) is 11.6 Å². The number of fused-ring (bicyclic) bond motifs is 1. The number of guanidine groups is 1. The number of aryl methyl sites for hydroxylation is 1. The Hall–Kier alpha value is -3.74. The number of aromatic nitrogens is 1. The fraction of sp³-hybridized carbons (Fsp3) is 0.467. The molecule has 0 saturated heterocycles. The van der Waals surface area contributed by atoms with Gasteiger partial charge in [0.1, 0.15) is 0 Å². The molecule has 2 heterocycles. The van der Waals surface area contributed by atoms with Crippen LogP contribution in [0.5, 0.6) is 0 Å². The maximum atomic E-state index is 13.7. The van der Waals surface area contributed by atoms with Gasteiger partial charge in [-0.3, -0.25) is 10.4 Å². The van der Waals surface area contributed by atoms with Crippen molar-refractivity contribution < 1.29 is 26.3 Å². The first kappa shape index (κ1) is 29.3. The number of alkyl halides is 6. The summed E-state index contributed by atoms with van der Waals surface area (Å²) in [4.78, 5) is 8.77. The molecule has 230 valence electrons. The molecular formula is C30H33F6N7. The number of halogens is 6. The maximum Gasteiger partial charge on any atom is 0.416 e. The highest BCUT2D eigenvalue weighted by Crippen LogP contribution is 2.40. The standard InChI is InChI=1S/C30H33F6N7/c1-18-3-8-26-25(9-18)27(42(14-19-4-5-19)15-20-6-7-20)22(13-37-26)17-43(28-38-40-41(2)39-28)16-21-10-23(29(31,32)33)12-24(11-21)30(34,35)36/h3,8-13,19-20,40H,4-7,14-17H2,1-2H3,(H,38,39). The van der Waals surface area contributed by atoms with Gasteiger partial charge in [0.05, 0.1) is 22.3 Å². The van der Waals surface area contributed by atoms with Crippen molar-refractivity contribution in [1.29, 1.82) is 0 Å². The van der Waals surface area contributed by atoms with Gasteiger partial charge in [-0.05, 0) is 80.3 Å². The van der Waals surface area contributed by atoms with E-state index in [1.54, 1.807) is 18.1 Å². The molecule has 0 unspecified atom stereocenters. The van der Waals surface area contributed by atoms with E-state index < -0.39 is 23.5 Å². The molecule has 3 aliphatic rings. The topological polar surface area (TPSA) is 59.0 Å². The second-order valence-electron chi connectivity index (χ2n) is 11.9. The fourth-order valence-corrected chi connectivity index (χ4v) is 5.51. The first-order valence-corrected chi connectivity index (χ1v) is 14.3. The van der Waals surface area contributed by atoms with E-state index in [1.807, 2.05) is 19.1 Å². The van der Waals surface area contributed by atoms with Gasteiger partial charge in [-0.15, -0.1) is 10.6 Å². The van der Waals surface area contributed by atoms with E-state index in [0.717, 1.165) is 52.9 Å². The monoisotopic (exact) mass is 605 g/mol. The second kappa shape index (κ2) is 11.1. The lowest BCUT2D eigenvalue weighted by Crippen LogP contribution is -2.44. The fourth-order valence-electron chi connectivity index (χ4n) is 5.51. The summed E-state index contributed by atoms with van der Waals surface area (Å²) >= 11 is 0. The minimum Gasteiger partial charge on any atom is -0.370 e. The van der Waals surface area contributed by atoms with Crippen molar-refractivity contribution in [2.45, 2.75) is 58.0 Å². The molecule has 2 N–H and O–H groups in total. The number of hydrogen-bond acceptors (Lipinski definition) is 7. The van der Waals surface area contributed by atoms with Crippen molar-refractivity contribution in [3.63, 3.8) is 0 Å². The van der Waals surface area contributed by atoms with Gasteiger partial charge in [-0.2, -0.15) is 26.3 Å². The van der Waals surface area contributed by atoms with Crippen molar-refractivity contribution in [2.75, 3.05) is 25.0 Å². The zero-order valence-electron chi connectivity index (χ0n) is 23.9. The average Bonchev–Trinajstić information content (AvgIpc) is 3.87. The Morgan fingerprint density at radius 3 is 2.02 bits per heavy atom. The van der Waals surface area contributed by atoms with Crippen LogP contribution in [0.2, 0.25) is 0 Å². The van der Waals surface area contributed by atoms with Crippen LogP contribution in [0, 0.1) is 18.8 Å². The van der Waals surface area contributed by atoms with E-state index in [9.17, 15) is 26.3 Å². The summed E-state index contributed by atoms with van der Waals surface area (Å²) < 4.78 is 82.0. The van der Waals surface area contributed by atoms with Crippen molar-refractivity contribution in [2.24, 2.45) is 16.9 Å². The number of hydrogen-bond donors (Lipinski definition) is 2. The lowest BCUT2D eigenvalue weighted by Gasteiger charge is -2.31. The maximum absolute atomic E-state index is 13.7. The predicted molar refractivity (Wildman–Crippen MR) is 151 cm³/mol. The number of rotatable bonds is 9. The van der Waals surface area contributed by atoms with Crippen LogP contribution in [0.3, 0.4) is 0 Å². The number of benzene rings is 2. The molecule has 1 aliphatic heterocycles. The van der Waals surface area contributed by atoms with Crippen LogP contribution in [-0.2, 0) is 25.4 Å². The number of hydrazine groups is 2. The summed E-state index contributed by atoms with van der Waals surface area (Å²) in [6, 6.07) is 7.76. The summed E-state index contributed by atoms with van der Waals surface area (Å²) in [6.07, 6.45) is -3.44. The number of nitrogens with one attached hydrogen (secondary N) is 2. The molecule has 0 amide bonds. The van der Waals surface area contributed by atoms with E-state index in [-0.39, 0.29) is 30.7 Å². The van der Waals surface area contributed by atoms with Gasteiger partial charge < -0.3 is 9.80 Å². The third-order valence-corrected chi connectivity index (χ3v) is 7.99. The highest BCUT2D eigenvalue weighted by atomic mass is 19.4. The third-order valence-electron chi connectivity index (χ3n) is 7.99. The molecule has 6 rings (SSSR count). The van der Waals surface area contributed by atoms with Crippen LogP contribution in [0.15, 0.2) is 47.7 Å². The molecule has 0 spiro atoms. The lowest BCUT2D eigenvalue weighted by molar-refractivity contribution is -0.143. The predicted octanol–water partition coefficient (Wildman–Crippen LogP) is 6.44. The lowest BCUT2D eigenvalue weighted by atomic mass is 10.0. The smallest absolute Gasteiger partial charge is 0.370 e. The largest absolute Gasteiger partial charge is 0.416 e. The zero-order valence-corrected chi connectivity index (χ0v) is 23.9. The molecule has 2 aromatic carbocycles. The Labute approximate surface area is 245 Å². The molecule has 3 aromatic rings. The van der Waals surface area contributed by atoms with Crippen molar-refractivity contribution in [3.05, 3.63) is 70.4 Å². The van der Waals surface area contributed by atoms with Crippen LogP contribution in [0.4, 0.5) is 32.0 Å². The van der Waals surface area contributed by atoms with Gasteiger partial charge in [0.2, 0.25) is 5.96 Å². The van der Waals surface area contributed by atoms with Gasteiger partial charge in [-0.25, -0.2) is 5.12 Å². The molecule has 13 heteroatoms. The van der Waals surface area contributed by atoms with Crippen LogP contribution in [0.1, 0.15) is 53.5 Å². The van der Waals surface area contributed by atoms with Gasteiger partial charge >= 0.3 is 12.4 Å². The van der Waals surface area contributed by atoms with Crippen LogP contribution < -0.4 is 15.9 Å². The molecule has 43 heavy (non-hydrogen) atoms. The van der Waals surface area contributed by atoms with Gasteiger partial charge in [0, 0.05) is 50.4 Å². The Balaban J connectivity index is 1.43. The normalized spacial score (nSPS) is 17.3. The van der Waals surface area contributed by atoms with E-state index in [0.29, 0.717) is 11.8 Å². The van der Waals surface area contributed by atoms with E-state index >= 15 is 0 Å². The number of anilines is 1. The summed E-state index contributed by atoms with van der Waals surface area (Å²) in [6.45, 7) is 3.69. The van der Waals surface area contributed by atoms with Crippen LogP contribution in [0.25, 0.3) is 10.9 Å². The summed E-state index contributed by atoms with van der Waals surface area (Å²) in [5, 5.41) is 6.73. The Bertz CT molecular complexity index is 1480. The average molecular weight is 606 g/mol. The molecule has 1 aromatic heterocycles. The molecule has 0 bridgehead atoms. The highest BCUT2D eigenvalue weighted by Gasteiger charge is 2.37. The molecule has 2 saturated carbocycles. The van der Waals surface area contributed by atoms with Crippen molar-refractivity contribution >= 4 is 22.5 Å². The van der Waals surface area contributed by atoms with Gasteiger partial charge in [0.25, 0.3) is 0 Å². The number of nitrogens with zero attached hydrogens (tertiary/aromatic N) is 5. The third kappa shape index (κ3) is 6.92. The molecular weight excluding hydrogens is 572 g/mol. The Morgan fingerprint density at radius 2 is 1.49 bits per heavy atom. The van der Waals surface area contributed by atoms with Crippen molar-refractivity contribution in [1.82, 2.24) is 26.0 Å². The second-order valence-corrected chi connectivity index (χ2v) is 11.9. The first-order valence-electron chi connectivity index (χ1n) is 14.3. The highest BCUT2D eigenvalue weighted by molar-refractivity contribution is 5.94. The summed E-state index contributed by atoms with van der Waals surface area (Å²) in [5.41, 5.74) is 6.57. The number of pyridine rings is 1. The van der Waals surface area contributed by atoms with E-state index in [2.05, 4.69) is 27.0 Å². The van der Waals surface area contributed by atoms with Crippen molar-refractivity contribution in [3.8, 4) is 0 Å². The van der Waals surface area contributed by atoms with E-state index in [1.165, 1.54) is 30.8 Å². The SMILES string of the molecule is Cc1ccc2ncc(CN(Cc3cc(C(F)(F)F)cc(C(F)(F)F)c3)C3=NN(C)NN3)c(N(CC3CC3)CC3CC3)c2c1. The molecule has 2 aliphatic carbocycles. The molecule has 7 nitrogen and oxygen atoms in total. The minimum absolute atomic E-state index is 0.139. The van der Waals surface area contributed by atoms with E-state index in [4.69, 9.17) is 4.98 Å². The minimum atomic E-state index is -4.94. The molecule has 0 atom stereocenters. The Kier molecular flexibility index (Phi) is 7.55. The van der Waals surface area contributed by atoms with Gasteiger partial charge in [0.15, 0.2) is 0 Å². The summed E-state index contributed by atoms with van der Waals surface area (Å²) in [5.74, 6) is 1.46. The zero-order chi connectivity index (χ0) is 30.5. The Morgan fingerprint density at radius 1 is 0.860 bits per heavy atom. The number of hydrazone groups is 1. The first-order chi connectivity index (χ1) is 20.3. The quantitative estimate of drug-likeness (QED) is 0.274. The molecule has 0 radical (unpaired) electrons. The van der Waals surface area contributed by atoms with Crippen LogP contribution >= 0.6 is 0 Å². The summed E-state index contributed by atoms with van der Waals surface area (Å²) in [7, 11) is 1.63.